The Hall–Kier alpha value is -1.11. The summed E-state index contributed by atoms with van der Waals surface area (Å²) in [5.74, 6) is 0.984. The molecule has 0 aromatic heterocycles. The van der Waals surface area contributed by atoms with E-state index in [1.165, 1.54) is 18.4 Å². The molecule has 1 aliphatic carbocycles. The summed E-state index contributed by atoms with van der Waals surface area (Å²) in [6, 6.07) is 8.12. The number of hydrogen-bond donors (Lipinski definition) is 0. The van der Waals surface area contributed by atoms with E-state index < -0.39 is 0 Å². The predicted octanol–water partition coefficient (Wildman–Crippen LogP) is 3.97. The monoisotopic (exact) mass is 216 g/mol. The average Bonchev–Trinajstić information content (AvgIpc) is 3.00. The maximum absolute atomic E-state index is 11.9. The Balaban J connectivity index is 2.09. The van der Waals surface area contributed by atoms with Gasteiger partial charge in [-0.3, -0.25) is 4.79 Å². The number of carbonyl (C=O) groups excluding carboxylic acids is 1. The van der Waals surface area contributed by atoms with Gasteiger partial charge in [-0.25, -0.2) is 0 Å². The largest absolute Gasteiger partial charge is 0.294 e. The van der Waals surface area contributed by atoms with E-state index in [1.54, 1.807) is 0 Å². The Kier molecular flexibility index (Phi) is 2.88. The van der Waals surface area contributed by atoms with Gasteiger partial charge in [0.25, 0.3) is 0 Å². The third-order valence-electron chi connectivity index (χ3n) is 3.24. The highest BCUT2D eigenvalue weighted by Gasteiger charge is 2.25. The fourth-order valence-electron chi connectivity index (χ4n) is 1.86. The second kappa shape index (κ2) is 4.04. The minimum atomic E-state index is 0.165. The van der Waals surface area contributed by atoms with Gasteiger partial charge in [-0.1, -0.05) is 45.0 Å². The molecule has 0 spiro atoms. The molecule has 0 bridgehead atoms. The summed E-state index contributed by atoms with van der Waals surface area (Å²) in [7, 11) is 0. The molecule has 1 nitrogen and oxygen atoms in total. The molecule has 0 radical (unpaired) electrons. The van der Waals surface area contributed by atoms with E-state index in [0.29, 0.717) is 11.7 Å². The van der Waals surface area contributed by atoms with Crippen LogP contribution in [-0.2, 0) is 5.41 Å². The van der Waals surface area contributed by atoms with Gasteiger partial charge in [-0.05, 0) is 29.7 Å². The van der Waals surface area contributed by atoms with Crippen molar-refractivity contribution in [2.45, 2.75) is 45.4 Å². The first-order valence-corrected chi connectivity index (χ1v) is 6.10. The number of rotatable bonds is 3. The van der Waals surface area contributed by atoms with E-state index in [4.69, 9.17) is 0 Å². The molecule has 0 heterocycles. The van der Waals surface area contributed by atoms with Gasteiger partial charge < -0.3 is 0 Å². The van der Waals surface area contributed by atoms with Gasteiger partial charge in [0.2, 0.25) is 0 Å². The van der Waals surface area contributed by atoms with Gasteiger partial charge in [0.15, 0.2) is 5.78 Å². The quantitative estimate of drug-likeness (QED) is 0.699. The van der Waals surface area contributed by atoms with E-state index in [-0.39, 0.29) is 5.41 Å². The molecule has 1 fully saturated rings. The van der Waals surface area contributed by atoms with Gasteiger partial charge in [-0.2, -0.15) is 0 Å². The zero-order valence-electron chi connectivity index (χ0n) is 10.4. The van der Waals surface area contributed by atoms with E-state index in [9.17, 15) is 4.79 Å². The number of ketones is 1. The maximum Gasteiger partial charge on any atom is 0.163 e. The van der Waals surface area contributed by atoms with Gasteiger partial charge in [-0.15, -0.1) is 0 Å². The van der Waals surface area contributed by atoms with Crippen molar-refractivity contribution in [3.8, 4) is 0 Å². The smallest absolute Gasteiger partial charge is 0.163 e. The van der Waals surface area contributed by atoms with Crippen molar-refractivity contribution in [1.29, 1.82) is 0 Å². The third-order valence-corrected chi connectivity index (χ3v) is 3.24. The predicted molar refractivity (Wildman–Crippen MR) is 66.8 cm³/mol. The Labute approximate surface area is 97.9 Å². The summed E-state index contributed by atoms with van der Waals surface area (Å²) in [5, 5.41) is 0. The lowest BCUT2D eigenvalue weighted by atomic mass is 9.86. The van der Waals surface area contributed by atoms with Gasteiger partial charge >= 0.3 is 0 Å². The van der Waals surface area contributed by atoms with E-state index in [2.05, 4.69) is 32.9 Å². The van der Waals surface area contributed by atoms with Crippen LogP contribution >= 0.6 is 0 Å². The third kappa shape index (κ3) is 2.72. The molecule has 0 unspecified atom stereocenters. The molecule has 16 heavy (non-hydrogen) atoms. The molecule has 0 atom stereocenters. The van der Waals surface area contributed by atoms with Crippen molar-refractivity contribution in [1.82, 2.24) is 0 Å². The molecule has 1 aromatic rings. The van der Waals surface area contributed by atoms with Crippen LogP contribution in [0.1, 0.15) is 56.0 Å². The molecule has 1 saturated carbocycles. The minimum Gasteiger partial charge on any atom is -0.294 e. The summed E-state index contributed by atoms with van der Waals surface area (Å²) in [4.78, 5) is 11.9. The molecule has 1 aliphatic rings. The van der Waals surface area contributed by atoms with Crippen molar-refractivity contribution >= 4 is 5.78 Å². The molecule has 0 aliphatic heterocycles. The first-order valence-electron chi connectivity index (χ1n) is 6.10. The number of carbonyl (C=O) groups is 1. The van der Waals surface area contributed by atoms with Crippen molar-refractivity contribution < 1.29 is 4.79 Å². The summed E-state index contributed by atoms with van der Waals surface area (Å²) in [6.45, 7) is 6.57. The van der Waals surface area contributed by atoms with Gasteiger partial charge in [0.05, 0.1) is 0 Å². The van der Waals surface area contributed by atoms with Crippen LogP contribution < -0.4 is 0 Å². The van der Waals surface area contributed by atoms with Gasteiger partial charge in [0, 0.05) is 12.0 Å². The first kappa shape index (κ1) is 11.4. The van der Waals surface area contributed by atoms with Crippen LogP contribution in [0.15, 0.2) is 24.3 Å². The summed E-state index contributed by atoms with van der Waals surface area (Å²) in [5.41, 5.74) is 2.33. The minimum absolute atomic E-state index is 0.165. The summed E-state index contributed by atoms with van der Waals surface area (Å²) < 4.78 is 0. The standard InChI is InChI=1S/C15H20O/c1-15(2,3)13-8-6-12(7-9-13)14(16)10-11-4-5-11/h6-9,11H,4-5,10H2,1-3H3. The van der Waals surface area contributed by atoms with Crippen molar-refractivity contribution in [2.24, 2.45) is 5.92 Å². The van der Waals surface area contributed by atoms with Crippen LogP contribution in [0.3, 0.4) is 0 Å². The lowest BCUT2D eigenvalue weighted by Crippen LogP contribution is -2.11. The molecule has 86 valence electrons. The molecule has 2 rings (SSSR count). The fraction of sp³-hybridized carbons (Fsp3) is 0.533. The van der Waals surface area contributed by atoms with Crippen molar-refractivity contribution in [2.75, 3.05) is 0 Å². The van der Waals surface area contributed by atoms with E-state index in [1.807, 2.05) is 12.1 Å². The summed E-state index contributed by atoms with van der Waals surface area (Å²) >= 11 is 0. The molecule has 1 aromatic carbocycles. The Morgan fingerprint density at radius 1 is 1.19 bits per heavy atom. The second-order valence-electron chi connectivity index (χ2n) is 5.90. The Morgan fingerprint density at radius 2 is 1.75 bits per heavy atom. The number of Topliss-reactive ketones (excluding diaryl/α,β-unsaturated/α-hetero) is 1. The van der Waals surface area contributed by atoms with Gasteiger partial charge in [0.1, 0.15) is 0 Å². The SMILES string of the molecule is CC(C)(C)c1ccc(C(=O)CC2CC2)cc1. The van der Waals surface area contributed by atoms with Crippen molar-refractivity contribution in [3.63, 3.8) is 0 Å². The highest BCUT2D eigenvalue weighted by molar-refractivity contribution is 5.96. The van der Waals surface area contributed by atoms with Crippen molar-refractivity contribution in [3.05, 3.63) is 35.4 Å². The summed E-state index contributed by atoms with van der Waals surface area (Å²) in [6.07, 6.45) is 3.23. The zero-order valence-corrected chi connectivity index (χ0v) is 10.4. The van der Waals surface area contributed by atoms with Crippen LogP contribution in [0.5, 0.6) is 0 Å². The topological polar surface area (TPSA) is 17.1 Å². The average molecular weight is 216 g/mol. The van der Waals surface area contributed by atoms with Crippen LogP contribution in [0.4, 0.5) is 0 Å². The normalized spacial score (nSPS) is 16.2. The van der Waals surface area contributed by atoms with E-state index >= 15 is 0 Å². The molecular weight excluding hydrogens is 196 g/mol. The molecule has 0 N–H and O–H groups in total. The number of hydrogen-bond acceptors (Lipinski definition) is 1. The Bertz CT molecular complexity index is 377. The molecule has 0 amide bonds. The zero-order chi connectivity index (χ0) is 11.8. The lowest BCUT2D eigenvalue weighted by molar-refractivity contribution is 0.0976. The van der Waals surface area contributed by atoms with Crippen LogP contribution in [0.25, 0.3) is 0 Å². The van der Waals surface area contributed by atoms with Crippen LogP contribution in [-0.4, -0.2) is 5.78 Å². The fourth-order valence-corrected chi connectivity index (χ4v) is 1.86. The Morgan fingerprint density at radius 3 is 2.19 bits per heavy atom. The molecule has 1 heteroatoms. The highest BCUT2D eigenvalue weighted by Crippen LogP contribution is 2.33. The van der Waals surface area contributed by atoms with Crippen LogP contribution in [0, 0.1) is 5.92 Å². The molecule has 0 saturated heterocycles. The second-order valence-corrected chi connectivity index (χ2v) is 5.90. The first-order chi connectivity index (χ1) is 7.47. The lowest BCUT2D eigenvalue weighted by Gasteiger charge is -2.18. The molecular formula is C15H20O. The van der Waals surface area contributed by atoms with E-state index in [0.717, 1.165) is 12.0 Å². The van der Waals surface area contributed by atoms with Crippen LogP contribution in [0.2, 0.25) is 0 Å². The maximum atomic E-state index is 11.9. The highest BCUT2D eigenvalue weighted by atomic mass is 16.1. The number of benzene rings is 1.